The molecule has 0 N–H and O–H groups in total. The lowest BCUT2D eigenvalue weighted by Crippen LogP contribution is -2.49. The summed E-state index contributed by atoms with van der Waals surface area (Å²) in [6, 6.07) is 0. The Balaban J connectivity index is 3.42. The fraction of sp³-hybridized carbons (Fsp3) is 1.00. The average Bonchev–Trinajstić information content (AvgIpc) is 2.94. The van der Waals surface area contributed by atoms with Crippen molar-refractivity contribution in [1.82, 2.24) is 0 Å². The minimum absolute atomic E-state index is 1.34. The second-order valence-corrected chi connectivity index (χ2v) is 13.0. The molecule has 0 saturated heterocycles. The molecule has 0 aliphatic carbocycles. The zero-order valence-corrected chi connectivity index (χ0v) is 27.8. The molecule has 1 heteroatoms. The van der Waals surface area contributed by atoms with Crippen molar-refractivity contribution in [3.8, 4) is 0 Å². The summed E-state index contributed by atoms with van der Waals surface area (Å²) < 4.78 is 1.38. The molecule has 0 bridgehead atoms. The molecular formula is C37H78N+. The van der Waals surface area contributed by atoms with Gasteiger partial charge in [-0.3, -0.25) is 0 Å². The van der Waals surface area contributed by atoms with Crippen LogP contribution in [-0.4, -0.2) is 30.7 Å². The summed E-state index contributed by atoms with van der Waals surface area (Å²) in [5.74, 6) is 0. The van der Waals surface area contributed by atoms with Crippen molar-refractivity contribution in [2.45, 2.75) is 214 Å². The summed E-state index contributed by atoms with van der Waals surface area (Å²) in [7, 11) is 0. The summed E-state index contributed by atoms with van der Waals surface area (Å²) in [6.45, 7) is 15.0. The van der Waals surface area contributed by atoms with Crippen molar-refractivity contribution in [1.29, 1.82) is 0 Å². The van der Waals surface area contributed by atoms with Gasteiger partial charge >= 0.3 is 0 Å². The van der Waals surface area contributed by atoms with Crippen LogP contribution in [-0.2, 0) is 0 Å². The quantitative estimate of drug-likeness (QED) is 0.0577. The normalized spacial score (nSPS) is 12.0. The largest absolute Gasteiger partial charge is 0.324 e. The van der Waals surface area contributed by atoms with Gasteiger partial charge in [0.1, 0.15) is 0 Å². The highest BCUT2D eigenvalue weighted by atomic mass is 15.3. The zero-order chi connectivity index (χ0) is 27.8. The molecule has 230 valence electrons. The number of rotatable bonds is 33. The second-order valence-electron chi connectivity index (χ2n) is 13.0. The highest BCUT2D eigenvalue weighted by Gasteiger charge is 2.21. The number of hydrogen-bond donors (Lipinski definition) is 0. The Bertz CT molecular complexity index is 413. The van der Waals surface area contributed by atoms with Gasteiger partial charge in [-0.15, -0.1) is 0 Å². The molecule has 0 unspecified atom stereocenters. The summed E-state index contributed by atoms with van der Waals surface area (Å²) in [5, 5.41) is 0. The Morgan fingerprint density at radius 1 is 0.237 bits per heavy atom. The molecule has 0 aromatic carbocycles. The minimum atomic E-state index is 1.34. The fourth-order valence-corrected chi connectivity index (χ4v) is 6.43. The van der Waals surface area contributed by atoms with Crippen molar-refractivity contribution in [3.63, 3.8) is 0 Å². The van der Waals surface area contributed by atoms with Crippen molar-refractivity contribution < 1.29 is 4.48 Å². The highest BCUT2D eigenvalue weighted by Crippen LogP contribution is 2.17. The molecule has 0 radical (unpaired) electrons. The van der Waals surface area contributed by atoms with Crippen LogP contribution in [0.3, 0.4) is 0 Å². The lowest BCUT2D eigenvalue weighted by molar-refractivity contribution is -0.925. The van der Waals surface area contributed by atoms with Gasteiger partial charge in [0.2, 0.25) is 0 Å². The third-order valence-electron chi connectivity index (χ3n) is 9.56. The number of unbranched alkanes of at least 4 members (excludes halogenated alkanes) is 27. The van der Waals surface area contributed by atoms with E-state index >= 15 is 0 Å². The summed E-state index contributed by atoms with van der Waals surface area (Å²) in [4.78, 5) is 0. The molecule has 0 aromatic rings. The van der Waals surface area contributed by atoms with Crippen LogP contribution >= 0.6 is 0 Å². The molecule has 0 rings (SSSR count). The van der Waals surface area contributed by atoms with Gasteiger partial charge in [-0.25, -0.2) is 0 Å². The van der Waals surface area contributed by atoms with Crippen LogP contribution < -0.4 is 0 Å². The molecule has 0 aliphatic heterocycles. The zero-order valence-electron chi connectivity index (χ0n) is 27.8. The minimum Gasteiger partial charge on any atom is -0.324 e. The first-order chi connectivity index (χ1) is 18.7. The second kappa shape index (κ2) is 31.5. The van der Waals surface area contributed by atoms with E-state index in [1.807, 2.05) is 0 Å². The smallest absolute Gasteiger partial charge is 0.0786 e. The van der Waals surface area contributed by atoms with Crippen molar-refractivity contribution >= 4 is 0 Å². The van der Waals surface area contributed by atoms with E-state index in [9.17, 15) is 0 Å². The topological polar surface area (TPSA) is 0 Å². The molecule has 0 aromatic heterocycles. The maximum atomic E-state index is 2.44. The van der Waals surface area contributed by atoms with E-state index in [-0.39, 0.29) is 0 Å². The fourth-order valence-electron chi connectivity index (χ4n) is 6.43. The van der Waals surface area contributed by atoms with Gasteiger partial charge in [0.25, 0.3) is 0 Å². The molecule has 0 saturated carbocycles. The van der Waals surface area contributed by atoms with Gasteiger partial charge in [0, 0.05) is 0 Å². The Kier molecular flexibility index (Phi) is 31.5. The predicted molar refractivity (Wildman–Crippen MR) is 176 cm³/mol. The Morgan fingerprint density at radius 2 is 0.421 bits per heavy atom. The lowest BCUT2D eigenvalue weighted by atomic mass is 10.0. The highest BCUT2D eigenvalue weighted by molar-refractivity contribution is 4.53. The van der Waals surface area contributed by atoms with E-state index in [0.29, 0.717) is 0 Å². The van der Waals surface area contributed by atoms with E-state index in [0.717, 1.165) is 0 Å². The van der Waals surface area contributed by atoms with Crippen LogP contribution in [0.2, 0.25) is 0 Å². The summed E-state index contributed by atoms with van der Waals surface area (Å²) >= 11 is 0. The van der Waals surface area contributed by atoms with Crippen LogP contribution in [0.5, 0.6) is 0 Å². The van der Waals surface area contributed by atoms with Crippen molar-refractivity contribution in [2.75, 3.05) is 26.2 Å². The molecule has 1 nitrogen and oxygen atoms in total. The molecule has 0 spiro atoms. The van der Waals surface area contributed by atoms with Crippen LogP contribution in [0.15, 0.2) is 0 Å². The molecule has 0 heterocycles. The van der Waals surface area contributed by atoms with Crippen LogP contribution in [0.4, 0.5) is 0 Å². The number of nitrogens with zero attached hydrogens (tertiary/aromatic N) is 1. The molecule has 0 fully saturated rings. The number of hydrogen-bond acceptors (Lipinski definition) is 0. The first-order valence-corrected chi connectivity index (χ1v) is 18.6. The first-order valence-electron chi connectivity index (χ1n) is 18.6. The third kappa shape index (κ3) is 26.2. The third-order valence-corrected chi connectivity index (χ3v) is 9.56. The molecule has 0 atom stereocenters. The molecule has 0 aliphatic rings. The van der Waals surface area contributed by atoms with Gasteiger partial charge in [0.15, 0.2) is 0 Å². The van der Waals surface area contributed by atoms with Crippen LogP contribution in [0.1, 0.15) is 214 Å². The monoisotopic (exact) mass is 537 g/mol. The first kappa shape index (κ1) is 38.0. The Morgan fingerprint density at radius 3 is 0.605 bits per heavy atom. The van der Waals surface area contributed by atoms with Crippen molar-refractivity contribution in [2.24, 2.45) is 0 Å². The standard InChI is InChI=1S/C37H78N/c1-5-9-11-13-15-17-18-19-20-21-22-23-24-25-26-27-28-29-31-33-35-37-38(7-3,8-4)36-34-32-30-16-14-12-10-6-2/h5-37H2,1-4H3/q+1. The van der Waals surface area contributed by atoms with Crippen LogP contribution in [0, 0.1) is 0 Å². The van der Waals surface area contributed by atoms with E-state index < -0.39 is 0 Å². The van der Waals surface area contributed by atoms with Gasteiger partial charge in [-0.2, -0.15) is 0 Å². The maximum Gasteiger partial charge on any atom is 0.0786 e. The molecule has 38 heavy (non-hydrogen) atoms. The average molecular weight is 537 g/mol. The lowest BCUT2D eigenvalue weighted by Gasteiger charge is -2.37. The van der Waals surface area contributed by atoms with Gasteiger partial charge in [0.05, 0.1) is 26.2 Å². The summed E-state index contributed by atoms with van der Waals surface area (Å²) in [6.07, 6.45) is 42.6. The van der Waals surface area contributed by atoms with E-state index in [1.54, 1.807) is 0 Å². The van der Waals surface area contributed by atoms with E-state index in [4.69, 9.17) is 0 Å². The van der Waals surface area contributed by atoms with Gasteiger partial charge in [-0.1, -0.05) is 174 Å². The maximum absolute atomic E-state index is 2.44. The SMILES string of the molecule is CCCCCCCCCCCCCCCCCCCCCCC[N+](CC)(CC)CCCCCCCCCC. The van der Waals surface area contributed by atoms with Gasteiger partial charge in [-0.05, 0) is 39.5 Å². The van der Waals surface area contributed by atoms with Gasteiger partial charge < -0.3 is 4.48 Å². The van der Waals surface area contributed by atoms with E-state index in [2.05, 4.69) is 27.7 Å². The molecule has 0 amide bonds. The van der Waals surface area contributed by atoms with Crippen LogP contribution in [0.25, 0.3) is 0 Å². The predicted octanol–water partition coefficient (Wildman–Crippen LogP) is 13.2. The van der Waals surface area contributed by atoms with E-state index in [1.165, 1.54) is 217 Å². The summed E-state index contributed by atoms with van der Waals surface area (Å²) in [5.41, 5.74) is 0. The van der Waals surface area contributed by atoms with Crippen molar-refractivity contribution in [3.05, 3.63) is 0 Å². The Hall–Kier alpha value is -0.0400. The number of quaternary nitrogens is 1. The molecular weight excluding hydrogens is 458 g/mol. The Labute approximate surface area is 244 Å².